The molecule has 0 atom stereocenters. The summed E-state index contributed by atoms with van der Waals surface area (Å²) in [6.45, 7) is 3.89. The van der Waals surface area contributed by atoms with Gasteiger partial charge in [0.1, 0.15) is 0 Å². The summed E-state index contributed by atoms with van der Waals surface area (Å²) in [5.74, 6) is 0. The lowest BCUT2D eigenvalue weighted by molar-refractivity contribution is -0.0682. The summed E-state index contributed by atoms with van der Waals surface area (Å²) in [6.07, 6.45) is -4.29. The van der Waals surface area contributed by atoms with Crippen LogP contribution in [0.25, 0.3) is 0 Å². The molecule has 0 aliphatic carbocycles. The summed E-state index contributed by atoms with van der Waals surface area (Å²) in [4.78, 5) is 0. The van der Waals surface area contributed by atoms with Gasteiger partial charge in [-0.1, -0.05) is 0 Å². The third-order valence-corrected chi connectivity index (χ3v) is 4.67. The lowest BCUT2D eigenvalue weighted by atomic mass is 10.7. The second-order valence-corrected chi connectivity index (χ2v) is 9.86. The van der Waals surface area contributed by atoms with E-state index in [-0.39, 0.29) is 0 Å². The van der Waals surface area contributed by atoms with Crippen LogP contribution in [0.4, 0.5) is 17.6 Å². The normalized spacial score (nSPS) is 14.9. The van der Waals surface area contributed by atoms with Gasteiger partial charge in [-0.05, 0) is 19.6 Å². The van der Waals surface area contributed by atoms with Crippen molar-refractivity contribution in [2.24, 2.45) is 0 Å². The van der Waals surface area contributed by atoms with E-state index in [1.807, 2.05) is 0 Å². The molecule has 0 radical (unpaired) electrons. The molecule has 0 saturated heterocycles. The van der Waals surface area contributed by atoms with E-state index in [1.54, 1.807) is 0 Å². The predicted molar refractivity (Wildman–Crippen MR) is 44.3 cm³/mol. The molecular formula is C5H10F4O3SSi. The van der Waals surface area contributed by atoms with Crippen molar-refractivity contribution in [3.8, 4) is 0 Å². The van der Waals surface area contributed by atoms with Crippen molar-refractivity contribution in [3.63, 3.8) is 0 Å². The van der Waals surface area contributed by atoms with E-state index in [0.29, 0.717) is 0 Å². The van der Waals surface area contributed by atoms with E-state index < -0.39 is 30.1 Å². The van der Waals surface area contributed by atoms with Crippen LogP contribution in [0.1, 0.15) is 0 Å². The standard InChI is InChI=1S/C5H10F4O3SSi/c1-14(2,3)12-13(10,11)5(8,9)4(6)7/h4H,1-3H3. The Morgan fingerprint density at radius 2 is 1.57 bits per heavy atom. The molecule has 0 aromatic heterocycles. The molecule has 0 spiro atoms. The van der Waals surface area contributed by atoms with E-state index >= 15 is 0 Å². The lowest BCUT2D eigenvalue weighted by Crippen LogP contribution is -2.43. The van der Waals surface area contributed by atoms with Gasteiger partial charge in [-0.2, -0.15) is 17.2 Å². The molecule has 0 fully saturated rings. The molecule has 0 heterocycles. The number of halogens is 4. The highest BCUT2D eigenvalue weighted by Gasteiger charge is 2.56. The fraction of sp³-hybridized carbons (Fsp3) is 1.00. The van der Waals surface area contributed by atoms with Gasteiger partial charge < -0.3 is 3.87 Å². The van der Waals surface area contributed by atoms with Gasteiger partial charge in [-0.25, -0.2) is 8.78 Å². The summed E-state index contributed by atoms with van der Waals surface area (Å²) in [5.41, 5.74) is 0. The van der Waals surface area contributed by atoms with Crippen molar-refractivity contribution >= 4 is 18.4 Å². The molecule has 0 aliphatic heterocycles. The number of hydrogen-bond donors (Lipinski definition) is 0. The van der Waals surface area contributed by atoms with Crippen LogP contribution in [0, 0.1) is 0 Å². The first-order chi connectivity index (χ1) is 5.90. The molecule has 0 aromatic rings. The molecule has 9 heteroatoms. The highest BCUT2D eigenvalue weighted by molar-refractivity contribution is 7.88. The molecule has 0 bridgehead atoms. The van der Waals surface area contributed by atoms with Crippen molar-refractivity contribution in [1.29, 1.82) is 0 Å². The molecule has 0 unspecified atom stereocenters. The Morgan fingerprint density at radius 3 is 1.79 bits per heavy atom. The number of rotatable bonds is 4. The first-order valence-electron chi connectivity index (χ1n) is 3.51. The molecule has 0 saturated carbocycles. The summed E-state index contributed by atoms with van der Waals surface area (Å²) >= 11 is 0. The zero-order valence-corrected chi connectivity index (χ0v) is 9.54. The van der Waals surface area contributed by atoms with Gasteiger partial charge in [-0.3, -0.25) is 0 Å². The van der Waals surface area contributed by atoms with Crippen LogP contribution < -0.4 is 0 Å². The molecule has 3 nitrogen and oxygen atoms in total. The zero-order chi connectivity index (χ0) is 11.8. The minimum atomic E-state index is -5.54. The monoisotopic (exact) mass is 254 g/mol. The maximum absolute atomic E-state index is 12.4. The van der Waals surface area contributed by atoms with Crippen LogP contribution in [-0.4, -0.2) is 28.4 Å². The molecule has 0 aliphatic rings. The van der Waals surface area contributed by atoms with Gasteiger partial charge in [0.15, 0.2) is 0 Å². The maximum Gasteiger partial charge on any atom is 0.427 e. The van der Waals surface area contributed by atoms with Gasteiger partial charge in [0, 0.05) is 0 Å². The molecule has 0 aromatic carbocycles. The van der Waals surface area contributed by atoms with Gasteiger partial charge in [0.05, 0.1) is 0 Å². The molecule has 0 N–H and O–H groups in total. The average Bonchev–Trinajstić information content (AvgIpc) is 1.80. The Morgan fingerprint density at radius 1 is 1.21 bits per heavy atom. The van der Waals surface area contributed by atoms with Crippen molar-refractivity contribution in [2.45, 2.75) is 31.3 Å². The van der Waals surface area contributed by atoms with Gasteiger partial charge in [0.25, 0.3) is 0 Å². The highest BCUT2D eigenvalue weighted by Crippen LogP contribution is 2.32. The predicted octanol–water partition coefficient (Wildman–Crippen LogP) is 2.03. The largest absolute Gasteiger partial charge is 0.427 e. The van der Waals surface area contributed by atoms with Crippen molar-refractivity contribution in [3.05, 3.63) is 0 Å². The third kappa shape index (κ3) is 3.21. The molecule has 14 heavy (non-hydrogen) atoms. The highest BCUT2D eigenvalue weighted by atomic mass is 32.2. The van der Waals surface area contributed by atoms with Crippen LogP contribution in [0.15, 0.2) is 0 Å². The second kappa shape index (κ2) is 3.78. The average molecular weight is 254 g/mol. The summed E-state index contributed by atoms with van der Waals surface area (Å²) in [5, 5.41) is -5.15. The SMILES string of the molecule is C[Si](C)(C)OS(=O)(=O)C(F)(F)C(F)F. The first-order valence-corrected chi connectivity index (χ1v) is 8.33. The quantitative estimate of drug-likeness (QED) is 0.569. The van der Waals surface area contributed by atoms with E-state index in [1.165, 1.54) is 19.6 Å². The van der Waals surface area contributed by atoms with Gasteiger partial charge in [0.2, 0.25) is 8.32 Å². The van der Waals surface area contributed by atoms with Crippen LogP contribution >= 0.6 is 0 Å². The fourth-order valence-corrected chi connectivity index (χ4v) is 3.79. The molecule has 0 rings (SSSR count). The zero-order valence-electron chi connectivity index (χ0n) is 7.72. The van der Waals surface area contributed by atoms with Gasteiger partial charge in [-0.15, -0.1) is 0 Å². The Kier molecular flexibility index (Phi) is 3.74. The van der Waals surface area contributed by atoms with Gasteiger partial charge >= 0.3 is 21.8 Å². The molecular weight excluding hydrogens is 244 g/mol. The molecule has 0 amide bonds. The fourth-order valence-electron chi connectivity index (χ4n) is 0.494. The van der Waals surface area contributed by atoms with E-state index in [2.05, 4.69) is 3.87 Å². The number of hydrogen-bond acceptors (Lipinski definition) is 3. The van der Waals surface area contributed by atoms with Crippen molar-refractivity contribution in [1.82, 2.24) is 0 Å². The van der Waals surface area contributed by atoms with Crippen molar-refractivity contribution < 1.29 is 29.9 Å². The second-order valence-electron chi connectivity index (χ2n) is 3.51. The topological polar surface area (TPSA) is 43.4 Å². The minimum Gasteiger partial charge on any atom is -0.311 e. The van der Waals surface area contributed by atoms with Crippen LogP contribution in [0.5, 0.6) is 0 Å². The van der Waals surface area contributed by atoms with Crippen LogP contribution in [0.3, 0.4) is 0 Å². The number of alkyl halides is 4. The first kappa shape index (κ1) is 13.8. The van der Waals surface area contributed by atoms with E-state index in [9.17, 15) is 26.0 Å². The Labute approximate surface area is 80.3 Å². The van der Waals surface area contributed by atoms with Crippen molar-refractivity contribution in [2.75, 3.05) is 0 Å². The third-order valence-electron chi connectivity index (χ3n) is 0.947. The Hall–Kier alpha value is -0.153. The summed E-state index contributed by atoms with van der Waals surface area (Å²) in [6, 6.07) is 0. The molecule has 86 valence electrons. The minimum absolute atomic E-state index is 1.30. The lowest BCUT2D eigenvalue weighted by Gasteiger charge is -2.21. The Bertz CT molecular complexity index is 295. The summed E-state index contributed by atoms with van der Waals surface area (Å²) < 4.78 is 73.6. The summed E-state index contributed by atoms with van der Waals surface area (Å²) in [7, 11) is -8.39. The van der Waals surface area contributed by atoms with E-state index in [0.717, 1.165) is 0 Å². The van der Waals surface area contributed by atoms with Crippen LogP contribution in [0.2, 0.25) is 19.6 Å². The maximum atomic E-state index is 12.4. The van der Waals surface area contributed by atoms with E-state index in [4.69, 9.17) is 0 Å². The van der Waals surface area contributed by atoms with Crippen LogP contribution in [-0.2, 0) is 14.0 Å². The smallest absolute Gasteiger partial charge is 0.311 e. The Balaban J connectivity index is 4.99.